The Balaban J connectivity index is 1.59. The van der Waals surface area contributed by atoms with Crippen molar-refractivity contribution in [2.75, 3.05) is 32.5 Å². The third kappa shape index (κ3) is 8.72. The molecule has 2 unspecified atom stereocenters. The van der Waals surface area contributed by atoms with E-state index in [1.165, 1.54) is 37.0 Å². The average molecular weight is 453 g/mol. The molecule has 0 spiro atoms. The second-order valence-electron chi connectivity index (χ2n) is 8.03. The topological polar surface area (TPSA) is 41.6 Å². The Hall–Kier alpha value is -0.850. The van der Waals surface area contributed by atoms with Crippen LogP contribution in [0.25, 0.3) is 0 Å². The summed E-state index contributed by atoms with van der Waals surface area (Å²) in [6.07, 6.45) is 7.95. The van der Waals surface area contributed by atoms with Crippen molar-refractivity contribution >= 4 is 27.5 Å². The first-order valence-corrected chi connectivity index (χ1v) is 14.0. The zero-order valence-electron chi connectivity index (χ0n) is 19.0. The molecule has 1 N–H and O–H groups in total. The molecule has 6 heteroatoms. The van der Waals surface area contributed by atoms with Crippen LogP contribution in [0.2, 0.25) is 0 Å². The number of carbonyl (C=O) groups is 1. The van der Waals surface area contributed by atoms with Gasteiger partial charge in [-0.05, 0) is 44.8 Å². The van der Waals surface area contributed by atoms with E-state index in [0.29, 0.717) is 5.25 Å². The van der Waals surface area contributed by atoms with Gasteiger partial charge >= 0.3 is 0 Å². The predicted octanol–water partition coefficient (Wildman–Crippen LogP) is 5.76. The van der Waals surface area contributed by atoms with E-state index >= 15 is 0 Å². The van der Waals surface area contributed by atoms with Gasteiger partial charge in [-0.3, -0.25) is 9.69 Å². The Kier molecular flexibility index (Phi) is 12.7. The van der Waals surface area contributed by atoms with Crippen molar-refractivity contribution < 1.29 is 9.53 Å². The van der Waals surface area contributed by atoms with E-state index in [-0.39, 0.29) is 11.8 Å². The van der Waals surface area contributed by atoms with Crippen molar-refractivity contribution in [2.45, 2.75) is 70.6 Å². The summed E-state index contributed by atoms with van der Waals surface area (Å²) in [5, 5.41) is 3.73. The summed E-state index contributed by atoms with van der Waals surface area (Å²) >= 11 is 0. The fourth-order valence-corrected chi connectivity index (χ4v) is 7.16. The zero-order valence-corrected chi connectivity index (χ0v) is 20.7. The highest BCUT2D eigenvalue weighted by molar-refractivity contribution is 8.77. The third-order valence-corrected chi connectivity index (χ3v) is 8.80. The maximum absolute atomic E-state index is 12.6. The number of ether oxygens (including phenoxy) is 1. The summed E-state index contributed by atoms with van der Waals surface area (Å²) in [6, 6.07) is 8.29. The van der Waals surface area contributed by atoms with Crippen LogP contribution in [0.4, 0.5) is 0 Å². The fourth-order valence-electron chi connectivity index (χ4n) is 3.99. The minimum Gasteiger partial charge on any atom is -0.496 e. The molecule has 0 aromatic heterocycles. The van der Waals surface area contributed by atoms with Gasteiger partial charge in [-0.2, -0.15) is 0 Å². The molecule has 1 amide bonds. The lowest BCUT2D eigenvalue weighted by Crippen LogP contribution is -2.36. The first-order valence-electron chi connectivity index (χ1n) is 11.6. The van der Waals surface area contributed by atoms with Crippen molar-refractivity contribution in [3.8, 4) is 5.75 Å². The Morgan fingerprint density at radius 1 is 1.23 bits per heavy atom. The Bertz CT molecular complexity index is 609. The third-order valence-electron chi connectivity index (χ3n) is 5.80. The standard InChI is InChI=1S/C24H40N2O2S2/c1-4-12-21(23-15-18-29-30-23)24(27)25-16-10-6-7-11-17-26(5-2)19-20-13-8-9-14-22(20)28-3/h8-9,13-14,21,23H,4-7,10-12,15-19H2,1-3H3,(H,25,27). The number of rotatable bonds is 15. The summed E-state index contributed by atoms with van der Waals surface area (Å²) in [4.78, 5) is 15.1. The van der Waals surface area contributed by atoms with E-state index in [4.69, 9.17) is 4.74 Å². The molecule has 1 aromatic rings. The number of hydrogen-bond donors (Lipinski definition) is 1. The summed E-state index contributed by atoms with van der Waals surface area (Å²) in [6.45, 7) is 8.31. The van der Waals surface area contributed by atoms with Gasteiger partial charge in [0.1, 0.15) is 5.75 Å². The number of amides is 1. The number of methoxy groups -OCH3 is 1. The van der Waals surface area contributed by atoms with Crippen LogP contribution in [0.15, 0.2) is 24.3 Å². The lowest BCUT2D eigenvalue weighted by molar-refractivity contribution is -0.125. The predicted molar refractivity (Wildman–Crippen MR) is 132 cm³/mol. The molecule has 4 nitrogen and oxygen atoms in total. The number of benzene rings is 1. The summed E-state index contributed by atoms with van der Waals surface area (Å²) < 4.78 is 5.48. The first kappa shape index (κ1) is 25.4. The molecule has 30 heavy (non-hydrogen) atoms. The van der Waals surface area contributed by atoms with Crippen LogP contribution < -0.4 is 10.1 Å². The van der Waals surface area contributed by atoms with Gasteiger partial charge in [0.05, 0.1) is 13.0 Å². The quantitative estimate of drug-likeness (QED) is 0.270. The van der Waals surface area contributed by atoms with Crippen LogP contribution in [0, 0.1) is 5.92 Å². The molecule has 0 saturated carbocycles. The van der Waals surface area contributed by atoms with E-state index in [1.807, 2.05) is 33.7 Å². The van der Waals surface area contributed by atoms with Gasteiger partial charge in [-0.15, -0.1) is 0 Å². The summed E-state index contributed by atoms with van der Waals surface area (Å²) in [5.41, 5.74) is 1.25. The number of nitrogens with one attached hydrogen (secondary N) is 1. The largest absolute Gasteiger partial charge is 0.496 e. The zero-order chi connectivity index (χ0) is 21.6. The molecule has 1 aromatic carbocycles. The van der Waals surface area contributed by atoms with Gasteiger partial charge in [0.25, 0.3) is 0 Å². The highest BCUT2D eigenvalue weighted by Crippen LogP contribution is 2.42. The average Bonchev–Trinajstić information content (AvgIpc) is 3.30. The lowest BCUT2D eigenvalue weighted by atomic mass is 9.96. The number of hydrogen-bond acceptors (Lipinski definition) is 5. The maximum atomic E-state index is 12.6. The molecule has 1 fully saturated rings. The molecule has 1 aliphatic heterocycles. The van der Waals surface area contributed by atoms with E-state index in [1.54, 1.807) is 7.11 Å². The summed E-state index contributed by atoms with van der Waals surface area (Å²) in [5.74, 6) is 2.64. The van der Waals surface area contributed by atoms with Crippen LogP contribution in [-0.4, -0.2) is 48.6 Å². The minimum atomic E-state index is 0.197. The van der Waals surface area contributed by atoms with Crippen LogP contribution in [0.5, 0.6) is 5.75 Å². The molecule has 1 heterocycles. The van der Waals surface area contributed by atoms with E-state index in [2.05, 4.69) is 36.2 Å². The highest BCUT2D eigenvalue weighted by atomic mass is 33.1. The second-order valence-corrected chi connectivity index (χ2v) is 10.8. The Labute approximate surface area is 191 Å². The van der Waals surface area contributed by atoms with Crippen molar-refractivity contribution in [1.82, 2.24) is 10.2 Å². The Morgan fingerprint density at radius 2 is 2.03 bits per heavy atom. The van der Waals surface area contributed by atoms with Crippen molar-refractivity contribution in [1.29, 1.82) is 0 Å². The number of carbonyl (C=O) groups excluding carboxylic acids is 1. The molecule has 2 rings (SSSR count). The first-order chi connectivity index (χ1) is 14.7. The van der Waals surface area contributed by atoms with Gasteiger partial charge in [-0.1, -0.05) is 72.9 Å². The van der Waals surface area contributed by atoms with E-state index in [9.17, 15) is 4.79 Å². The van der Waals surface area contributed by atoms with Gasteiger partial charge in [0.2, 0.25) is 5.91 Å². The summed E-state index contributed by atoms with van der Waals surface area (Å²) in [7, 11) is 5.58. The second kappa shape index (κ2) is 15.0. The SMILES string of the molecule is CCCC(C(=O)NCCCCCCN(CC)Cc1ccccc1OC)C1CCSS1. The van der Waals surface area contributed by atoms with Crippen LogP contribution in [0.1, 0.15) is 64.4 Å². The highest BCUT2D eigenvalue weighted by Gasteiger charge is 2.30. The van der Waals surface area contributed by atoms with Gasteiger partial charge in [-0.25, -0.2) is 0 Å². The van der Waals surface area contributed by atoms with Crippen LogP contribution in [0.3, 0.4) is 0 Å². The van der Waals surface area contributed by atoms with Crippen LogP contribution >= 0.6 is 21.6 Å². The smallest absolute Gasteiger partial charge is 0.224 e. The van der Waals surface area contributed by atoms with Gasteiger partial charge < -0.3 is 10.1 Å². The molecule has 1 saturated heterocycles. The molecule has 0 radical (unpaired) electrons. The molecule has 1 aliphatic rings. The number of para-hydroxylation sites is 1. The molecule has 170 valence electrons. The minimum absolute atomic E-state index is 0.197. The fraction of sp³-hybridized carbons (Fsp3) is 0.708. The van der Waals surface area contributed by atoms with Crippen molar-refractivity contribution in [3.63, 3.8) is 0 Å². The van der Waals surface area contributed by atoms with E-state index in [0.717, 1.165) is 51.2 Å². The van der Waals surface area contributed by atoms with Gasteiger partial charge in [0.15, 0.2) is 0 Å². The molecular weight excluding hydrogens is 412 g/mol. The van der Waals surface area contributed by atoms with Crippen LogP contribution in [-0.2, 0) is 11.3 Å². The molecule has 0 bridgehead atoms. The molecule has 2 atom stereocenters. The van der Waals surface area contributed by atoms with Crippen molar-refractivity contribution in [3.05, 3.63) is 29.8 Å². The Morgan fingerprint density at radius 3 is 2.73 bits per heavy atom. The normalized spacial score (nSPS) is 17.3. The number of unbranched alkanes of at least 4 members (excludes halogenated alkanes) is 3. The van der Waals surface area contributed by atoms with Gasteiger partial charge in [0, 0.05) is 29.7 Å². The molecular formula is C24H40N2O2S2. The molecule has 0 aliphatic carbocycles. The number of nitrogens with zero attached hydrogens (tertiary/aromatic N) is 1. The van der Waals surface area contributed by atoms with Crippen molar-refractivity contribution in [2.24, 2.45) is 5.92 Å². The van der Waals surface area contributed by atoms with E-state index < -0.39 is 0 Å². The maximum Gasteiger partial charge on any atom is 0.224 e. The monoisotopic (exact) mass is 452 g/mol. The lowest BCUT2D eigenvalue weighted by Gasteiger charge is -2.22.